The Morgan fingerprint density at radius 1 is 1.50 bits per heavy atom. The van der Waals surface area contributed by atoms with Gasteiger partial charge in [0.25, 0.3) is 0 Å². The van der Waals surface area contributed by atoms with Crippen LogP contribution in [0.2, 0.25) is 5.02 Å². The summed E-state index contributed by atoms with van der Waals surface area (Å²) < 4.78 is 0. The molecule has 2 rings (SSSR count). The smallest absolute Gasteiger partial charge is 0.0410 e. The number of hydrogen-bond acceptors (Lipinski definition) is 1. The first kappa shape index (κ1) is 9.85. The fourth-order valence-electron chi connectivity index (χ4n) is 2.33. The van der Waals surface area contributed by atoms with Crippen LogP contribution in [0.4, 0.5) is 5.69 Å². The van der Waals surface area contributed by atoms with Gasteiger partial charge in [-0.1, -0.05) is 31.9 Å². The zero-order valence-corrected chi connectivity index (χ0v) is 9.49. The van der Waals surface area contributed by atoms with Gasteiger partial charge in [-0.2, -0.15) is 0 Å². The van der Waals surface area contributed by atoms with Gasteiger partial charge in [-0.15, -0.1) is 0 Å². The Morgan fingerprint density at radius 3 is 3.00 bits per heavy atom. The minimum absolute atomic E-state index is 0.273. The molecule has 1 aliphatic rings. The molecular weight excluding hydrogens is 194 g/mol. The summed E-state index contributed by atoms with van der Waals surface area (Å²) in [7, 11) is 0. The zero-order valence-electron chi connectivity index (χ0n) is 8.73. The van der Waals surface area contributed by atoms with Crippen molar-refractivity contribution in [2.75, 3.05) is 11.9 Å². The first-order chi connectivity index (χ1) is 6.65. The molecule has 0 radical (unpaired) electrons. The SMILES string of the molecule is CCCC1(C)CNc2ccc(Cl)cc21. The lowest BCUT2D eigenvalue weighted by Gasteiger charge is -2.23. The number of rotatable bonds is 2. The van der Waals surface area contributed by atoms with Crippen LogP contribution in [-0.2, 0) is 5.41 Å². The Bertz CT molecular complexity index is 344. The van der Waals surface area contributed by atoms with E-state index in [1.165, 1.54) is 24.1 Å². The Balaban J connectivity index is 2.41. The molecule has 14 heavy (non-hydrogen) atoms. The summed E-state index contributed by atoms with van der Waals surface area (Å²) in [6.45, 7) is 5.58. The van der Waals surface area contributed by atoms with Crippen molar-refractivity contribution in [3.8, 4) is 0 Å². The third kappa shape index (κ3) is 1.50. The molecule has 1 nitrogen and oxygen atoms in total. The predicted molar refractivity (Wildman–Crippen MR) is 62.2 cm³/mol. The maximum absolute atomic E-state index is 6.02. The molecule has 1 aromatic carbocycles. The summed E-state index contributed by atoms with van der Waals surface area (Å²) in [6.07, 6.45) is 2.43. The van der Waals surface area contributed by atoms with Gasteiger partial charge >= 0.3 is 0 Å². The van der Waals surface area contributed by atoms with E-state index in [0.29, 0.717) is 0 Å². The predicted octanol–water partition coefficient (Wildman–Crippen LogP) is 3.82. The Morgan fingerprint density at radius 2 is 2.29 bits per heavy atom. The van der Waals surface area contributed by atoms with E-state index in [4.69, 9.17) is 11.6 Å². The lowest BCUT2D eigenvalue weighted by Crippen LogP contribution is -2.23. The van der Waals surface area contributed by atoms with Crippen molar-refractivity contribution in [3.63, 3.8) is 0 Å². The largest absolute Gasteiger partial charge is 0.384 e. The third-order valence-corrected chi connectivity index (χ3v) is 3.34. The minimum atomic E-state index is 0.273. The molecular formula is C12H16ClN. The van der Waals surface area contributed by atoms with Crippen molar-refractivity contribution < 1.29 is 0 Å². The highest BCUT2D eigenvalue weighted by atomic mass is 35.5. The number of benzene rings is 1. The van der Waals surface area contributed by atoms with E-state index < -0.39 is 0 Å². The average molecular weight is 210 g/mol. The summed E-state index contributed by atoms with van der Waals surface area (Å²) in [6, 6.07) is 6.14. The van der Waals surface area contributed by atoms with E-state index in [2.05, 4.69) is 31.3 Å². The second-order valence-electron chi connectivity index (χ2n) is 4.35. The third-order valence-electron chi connectivity index (χ3n) is 3.10. The Kier molecular flexibility index (Phi) is 2.44. The van der Waals surface area contributed by atoms with Crippen LogP contribution >= 0.6 is 11.6 Å². The number of hydrogen-bond donors (Lipinski definition) is 1. The first-order valence-corrected chi connectivity index (χ1v) is 5.57. The molecule has 1 atom stereocenters. The van der Waals surface area contributed by atoms with Crippen LogP contribution in [0.25, 0.3) is 0 Å². The van der Waals surface area contributed by atoms with Gasteiger partial charge in [-0.05, 0) is 30.2 Å². The molecule has 0 amide bonds. The van der Waals surface area contributed by atoms with Crippen LogP contribution in [-0.4, -0.2) is 6.54 Å². The minimum Gasteiger partial charge on any atom is -0.384 e. The van der Waals surface area contributed by atoms with Gasteiger partial charge in [0.05, 0.1) is 0 Å². The van der Waals surface area contributed by atoms with Gasteiger partial charge in [0, 0.05) is 22.7 Å². The topological polar surface area (TPSA) is 12.0 Å². The molecule has 1 heterocycles. The molecule has 1 unspecified atom stereocenters. The highest BCUT2D eigenvalue weighted by molar-refractivity contribution is 6.30. The summed E-state index contributed by atoms with van der Waals surface area (Å²) in [5.41, 5.74) is 2.91. The van der Waals surface area contributed by atoms with Gasteiger partial charge in [-0.25, -0.2) is 0 Å². The molecule has 1 aliphatic heterocycles. The van der Waals surface area contributed by atoms with Crippen molar-refractivity contribution in [2.45, 2.75) is 32.1 Å². The normalized spacial score (nSPS) is 24.5. The highest BCUT2D eigenvalue weighted by Gasteiger charge is 2.33. The van der Waals surface area contributed by atoms with E-state index in [0.717, 1.165) is 11.6 Å². The molecule has 2 heteroatoms. The van der Waals surface area contributed by atoms with Crippen LogP contribution < -0.4 is 5.32 Å². The molecule has 76 valence electrons. The Labute approximate surface area is 90.5 Å². The van der Waals surface area contributed by atoms with Crippen LogP contribution in [0.3, 0.4) is 0 Å². The maximum atomic E-state index is 6.02. The second kappa shape index (κ2) is 3.47. The fraction of sp³-hybridized carbons (Fsp3) is 0.500. The van der Waals surface area contributed by atoms with E-state index >= 15 is 0 Å². The Hall–Kier alpha value is -0.690. The van der Waals surface area contributed by atoms with E-state index in [-0.39, 0.29) is 5.41 Å². The summed E-state index contributed by atoms with van der Waals surface area (Å²) >= 11 is 6.02. The zero-order chi connectivity index (χ0) is 10.2. The van der Waals surface area contributed by atoms with Crippen LogP contribution in [0.5, 0.6) is 0 Å². The molecule has 0 aliphatic carbocycles. The molecule has 0 bridgehead atoms. The van der Waals surface area contributed by atoms with Crippen molar-refractivity contribution in [1.82, 2.24) is 0 Å². The van der Waals surface area contributed by atoms with Crippen molar-refractivity contribution in [1.29, 1.82) is 0 Å². The summed E-state index contributed by atoms with van der Waals surface area (Å²) in [4.78, 5) is 0. The summed E-state index contributed by atoms with van der Waals surface area (Å²) in [5.74, 6) is 0. The number of nitrogens with one attached hydrogen (secondary N) is 1. The highest BCUT2D eigenvalue weighted by Crippen LogP contribution is 2.40. The van der Waals surface area contributed by atoms with Crippen LogP contribution in [0, 0.1) is 0 Å². The summed E-state index contributed by atoms with van der Waals surface area (Å²) in [5, 5.41) is 4.29. The molecule has 1 aromatic rings. The number of halogens is 1. The van der Waals surface area contributed by atoms with E-state index in [9.17, 15) is 0 Å². The maximum Gasteiger partial charge on any atom is 0.0410 e. The van der Waals surface area contributed by atoms with Gasteiger partial charge in [0.1, 0.15) is 0 Å². The first-order valence-electron chi connectivity index (χ1n) is 5.19. The van der Waals surface area contributed by atoms with Crippen molar-refractivity contribution >= 4 is 17.3 Å². The van der Waals surface area contributed by atoms with E-state index in [1.807, 2.05) is 6.07 Å². The molecule has 0 aromatic heterocycles. The monoisotopic (exact) mass is 209 g/mol. The molecule has 0 saturated carbocycles. The van der Waals surface area contributed by atoms with Gasteiger partial charge in [-0.3, -0.25) is 0 Å². The lowest BCUT2D eigenvalue weighted by molar-refractivity contribution is 0.471. The van der Waals surface area contributed by atoms with Crippen molar-refractivity contribution in [3.05, 3.63) is 28.8 Å². The molecule has 0 saturated heterocycles. The van der Waals surface area contributed by atoms with Crippen LogP contribution in [0.15, 0.2) is 18.2 Å². The standard InChI is InChI=1S/C12H16ClN/c1-3-6-12(2)8-14-11-5-4-9(13)7-10(11)12/h4-5,7,14H,3,6,8H2,1-2H3. The van der Waals surface area contributed by atoms with Crippen LogP contribution in [0.1, 0.15) is 32.3 Å². The molecule has 0 fully saturated rings. The lowest BCUT2D eigenvalue weighted by atomic mass is 9.80. The van der Waals surface area contributed by atoms with E-state index in [1.54, 1.807) is 0 Å². The quantitative estimate of drug-likeness (QED) is 0.781. The fourth-order valence-corrected chi connectivity index (χ4v) is 2.50. The number of fused-ring (bicyclic) bond motifs is 1. The second-order valence-corrected chi connectivity index (χ2v) is 4.79. The number of anilines is 1. The molecule has 1 N–H and O–H groups in total. The van der Waals surface area contributed by atoms with Gasteiger partial charge < -0.3 is 5.32 Å². The van der Waals surface area contributed by atoms with Gasteiger partial charge in [0.2, 0.25) is 0 Å². The molecule has 0 spiro atoms. The van der Waals surface area contributed by atoms with Crippen molar-refractivity contribution in [2.24, 2.45) is 0 Å². The van der Waals surface area contributed by atoms with Gasteiger partial charge in [0.15, 0.2) is 0 Å². The average Bonchev–Trinajstić information content (AvgIpc) is 2.45.